The van der Waals surface area contributed by atoms with Crippen LogP contribution in [0.2, 0.25) is 0 Å². The van der Waals surface area contributed by atoms with Crippen molar-refractivity contribution in [3.63, 3.8) is 0 Å². The summed E-state index contributed by atoms with van der Waals surface area (Å²) in [6, 6.07) is 7.85. The lowest BCUT2D eigenvalue weighted by Crippen LogP contribution is -2.33. The highest BCUT2D eigenvalue weighted by molar-refractivity contribution is 5.92. The summed E-state index contributed by atoms with van der Waals surface area (Å²) in [6.07, 6.45) is 1.24. The number of rotatable bonds is 6. The molecule has 1 aliphatic rings. The maximum atomic E-state index is 11.9. The lowest BCUT2D eigenvalue weighted by molar-refractivity contribution is -0.115. The van der Waals surface area contributed by atoms with Gasteiger partial charge in [-0.05, 0) is 50.5 Å². The van der Waals surface area contributed by atoms with E-state index < -0.39 is 0 Å². The standard InChI is InChI=1S/C16H25N3O/c1-3-19-9-8-14(12-19)10-17-11-16(20)18-15-7-5-4-6-13(15)2/h4-7,14,17H,3,8-12H2,1-2H3,(H,18,20). The highest BCUT2D eigenvalue weighted by Gasteiger charge is 2.20. The maximum Gasteiger partial charge on any atom is 0.238 e. The fourth-order valence-corrected chi connectivity index (χ4v) is 2.66. The SMILES string of the molecule is CCN1CCC(CNCC(=O)Nc2ccccc2C)C1. The minimum Gasteiger partial charge on any atom is -0.325 e. The van der Waals surface area contributed by atoms with E-state index in [0.29, 0.717) is 12.5 Å². The number of hydrogen-bond donors (Lipinski definition) is 2. The summed E-state index contributed by atoms with van der Waals surface area (Å²) in [5.41, 5.74) is 1.99. The van der Waals surface area contributed by atoms with E-state index in [9.17, 15) is 4.79 Å². The minimum atomic E-state index is 0.0321. The molecule has 0 spiro atoms. The van der Waals surface area contributed by atoms with Crippen LogP contribution in [0.4, 0.5) is 5.69 Å². The third-order valence-electron chi connectivity index (χ3n) is 3.95. The third kappa shape index (κ3) is 4.32. The summed E-state index contributed by atoms with van der Waals surface area (Å²) in [6.45, 7) is 8.99. The molecule has 1 unspecified atom stereocenters. The van der Waals surface area contributed by atoms with E-state index in [1.165, 1.54) is 13.0 Å². The maximum absolute atomic E-state index is 11.9. The predicted octanol–water partition coefficient (Wildman–Crippen LogP) is 1.86. The lowest BCUT2D eigenvalue weighted by atomic mass is 10.1. The molecule has 0 saturated carbocycles. The normalized spacial score (nSPS) is 19.2. The first-order valence-corrected chi connectivity index (χ1v) is 7.47. The monoisotopic (exact) mass is 275 g/mol. The molecule has 2 N–H and O–H groups in total. The summed E-state index contributed by atoms with van der Waals surface area (Å²) in [5, 5.41) is 6.22. The Morgan fingerprint density at radius 1 is 1.40 bits per heavy atom. The number of amides is 1. The van der Waals surface area contributed by atoms with Crippen molar-refractivity contribution >= 4 is 11.6 Å². The minimum absolute atomic E-state index is 0.0321. The van der Waals surface area contributed by atoms with Crippen LogP contribution in [-0.2, 0) is 4.79 Å². The van der Waals surface area contributed by atoms with Crippen molar-refractivity contribution < 1.29 is 4.79 Å². The summed E-state index contributed by atoms with van der Waals surface area (Å²) in [5.74, 6) is 0.714. The van der Waals surface area contributed by atoms with Crippen LogP contribution < -0.4 is 10.6 Å². The van der Waals surface area contributed by atoms with Crippen LogP contribution in [0.25, 0.3) is 0 Å². The molecule has 1 aromatic carbocycles. The van der Waals surface area contributed by atoms with Gasteiger partial charge in [0.05, 0.1) is 6.54 Å². The molecule has 1 atom stereocenters. The van der Waals surface area contributed by atoms with E-state index in [4.69, 9.17) is 0 Å². The Balaban J connectivity index is 1.67. The Kier molecular flexibility index (Phi) is 5.56. The molecule has 0 aromatic heterocycles. The van der Waals surface area contributed by atoms with E-state index in [2.05, 4.69) is 22.5 Å². The lowest BCUT2D eigenvalue weighted by Gasteiger charge is -2.14. The second-order valence-corrected chi connectivity index (χ2v) is 5.54. The molecule has 1 aliphatic heterocycles. The quantitative estimate of drug-likeness (QED) is 0.833. The first kappa shape index (κ1) is 15.0. The first-order valence-electron chi connectivity index (χ1n) is 7.47. The van der Waals surface area contributed by atoms with E-state index in [-0.39, 0.29) is 5.91 Å². The topological polar surface area (TPSA) is 44.4 Å². The van der Waals surface area contributed by atoms with Crippen molar-refractivity contribution in [3.8, 4) is 0 Å². The van der Waals surface area contributed by atoms with Crippen LogP contribution in [0.15, 0.2) is 24.3 Å². The Labute approximate surface area is 121 Å². The summed E-state index contributed by atoms with van der Waals surface area (Å²) < 4.78 is 0. The molecule has 1 heterocycles. The number of anilines is 1. The second kappa shape index (κ2) is 7.41. The summed E-state index contributed by atoms with van der Waals surface area (Å²) >= 11 is 0. The van der Waals surface area contributed by atoms with Crippen molar-refractivity contribution in [1.82, 2.24) is 10.2 Å². The summed E-state index contributed by atoms with van der Waals surface area (Å²) in [4.78, 5) is 14.3. The van der Waals surface area contributed by atoms with E-state index in [1.807, 2.05) is 31.2 Å². The zero-order valence-corrected chi connectivity index (χ0v) is 12.5. The van der Waals surface area contributed by atoms with Gasteiger partial charge in [0.25, 0.3) is 0 Å². The molecule has 1 aromatic rings. The van der Waals surface area contributed by atoms with Crippen LogP contribution >= 0.6 is 0 Å². The van der Waals surface area contributed by atoms with Gasteiger partial charge >= 0.3 is 0 Å². The van der Waals surface area contributed by atoms with Crippen molar-refractivity contribution in [1.29, 1.82) is 0 Å². The van der Waals surface area contributed by atoms with E-state index >= 15 is 0 Å². The number of para-hydroxylation sites is 1. The van der Waals surface area contributed by atoms with Crippen molar-refractivity contribution in [2.24, 2.45) is 5.92 Å². The van der Waals surface area contributed by atoms with Gasteiger partial charge in [0.2, 0.25) is 5.91 Å². The highest BCUT2D eigenvalue weighted by Crippen LogP contribution is 2.14. The number of benzene rings is 1. The fourth-order valence-electron chi connectivity index (χ4n) is 2.66. The molecule has 4 nitrogen and oxygen atoms in total. The molecule has 0 aliphatic carbocycles. The largest absolute Gasteiger partial charge is 0.325 e. The zero-order chi connectivity index (χ0) is 14.4. The highest BCUT2D eigenvalue weighted by atomic mass is 16.1. The number of aryl methyl sites for hydroxylation is 1. The average Bonchev–Trinajstić information content (AvgIpc) is 2.89. The van der Waals surface area contributed by atoms with Gasteiger partial charge in [0, 0.05) is 12.2 Å². The molecular formula is C16H25N3O. The molecule has 110 valence electrons. The predicted molar refractivity (Wildman–Crippen MR) is 82.9 cm³/mol. The van der Waals surface area contributed by atoms with Crippen LogP contribution in [0.5, 0.6) is 0 Å². The number of nitrogens with one attached hydrogen (secondary N) is 2. The molecule has 0 radical (unpaired) electrons. The van der Waals surface area contributed by atoms with Crippen LogP contribution in [0.1, 0.15) is 18.9 Å². The van der Waals surface area contributed by atoms with Crippen LogP contribution in [-0.4, -0.2) is 43.5 Å². The molecule has 1 amide bonds. The Morgan fingerprint density at radius 3 is 2.90 bits per heavy atom. The molecular weight excluding hydrogens is 250 g/mol. The van der Waals surface area contributed by atoms with Crippen LogP contribution in [0.3, 0.4) is 0 Å². The van der Waals surface area contributed by atoms with Gasteiger partial charge in [-0.25, -0.2) is 0 Å². The molecule has 4 heteroatoms. The van der Waals surface area contributed by atoms with Gasteiger partial charge in [-0.15, -0.1) is 0 Å². The number of likely N-dealkylation sites (tertiary alicyclic amines) is 1. The van der Waals surface area contributed by atoms with Gasteiger partial charge in [-0.2, -0.15) is 0 Å². The van der Waals surface area contributed by atoms with E-state index in [1.54, 1.807) is 0 Å². The number of carbonyl (C=O) groups is 1. The fraction of sp³-hybridized carbons (Fsp3) is 0.562. The molecule has 1 saturated heterocycles. The Bertz CT molecular complexity index is 447. The van der Waals surface area contributed by atoms with Gasteiger partial charge in [0.1, 0.15) is 0 Å². The summed E-state index contributed by atoms with van der Waals surface area (Å²) in [7, 11) is 0. The first-order chi connectivity index (χ1) is 9.69. The third-order valence-corrected chi connectivity index (χ3v) is 3.95. The van der Waals surface area contributed by atoms with Crippen LogP contribution in [0, 0.1) is 12.8 Å². The van der Waals surface area contributed by atoms with Gasteiger partial charge in [0.15, 0.2) is 0 Å². The zero-order valence-electron chi connectivity index (χ0n) is 12.5. The van der Waals surface area contributed by atoms with Gasteiger partial charge < -0.3 is 15.5 Å². The number of carbonyl (C=O) groups excluding carboxylic acids is 1. The van der Waals surface area contributed by atoms with Crippen molar-refractivity contribution in [2.75, 3.05) is 38.0 Å². The van der Waals surface area contributed by atoms with E-state index in [0.717, 1.165) is 30.9 Å². The Morgan fingerprint density at radius 2 is 2.20 bits per heavy atom. The molecule has 0 bridgehead atoms. The molecule has 2 rings (SSSR count). The molecule has 20 heavy (non-hydrogen) atoms. The van der Waals surface area contributed by atoms with Gasteiger partial charge in [-0.3, -0.25) is 4.79 Å². The number of hydrogen-bond acceptors (Lipinski definition) is 3. The second-order valence-electron chi connectivity index (χ2n) is 5.54. The average molecular weight is 275 g/mol. The molecule has 1 fully saturated rings. The van der Waals surface area contributed by atoms with Gasteiger partial charge in [-0.1, -0.05) is 25.1 Å². The Hall–Kier alpha value is -1.39. The van der Waals surface area contributed by atoms with Crippen molar-refractivity contribution in [2.45, 2.75) is 20.3 Å². The van der Waals surface area contributed by atoms with Crippen molar-refractivity contribution in [3.05, 3.63) is 29.8 Å². The number of nitrogens with zero attached hydrogens (tertiary/aromatic N) is 1. The smallest absolute Gasteiger partial charge is 0.238 e.